The van der Waals surface area contributed by atoms with Crippen LogP contribution in [0.5, 0.6) is 0 Å². The molecule has 2 aliphatic rings. The molecule has 0 heterocycles. The minimum atomic E-state index is 0.261. The average Bonchev–Trinajstić information content (AvgIpc) is 3.07. The lowest BCUT2D eigenvalue weighted by molar-refractivity contribution is 0.142. The van der Waals surface area contributed by atoms with E-state index in [-0.39, 0.29) is 6.61 Å². The highest BCUT2D eigenvalue weighted by Gasteiger charge is 2.36. The average molecular weight is 232 g/mol. The predicted molar refractivity (Wildman–Crippen MR) is 68.7 cm³/mol. The number of nitrogen functional groups attached to an aromatic ring is 1. The minimum absolute atomic E-state index is 0.261. The van der Waals surface area contributed by atoms with E-state index in [0.717, 1.165) is 18.7 Å². The molecule has 3 N–H and O–H groups in total. The van der Waals surface area contributed by atoms with Gasteiger partial charge in [0, 0.05) is 24.3 Å². The van der Waals surface area contributed by atoms with Gasteiger partial charge in [0.15, 0.2) is 0 Å². The number of nitrogens with two attached hydrogens (primary N) is 1. The molecule has 3 nitrogen and oxygen atoms in total. The van der Waals surface area contributed by atoms with Crippen molar-refractivity contribution in [3.8, 4) is 0 Å². The Morgan fingerprint density at radius 2 is 2.12 bits per heavy atom. The Kier molecular flexibility index (Phi) is 2.81. The monoisotopic (exact) mass is 232 g/mol. The molecule has 1 aromatic rings. The van der Waals surface area contributed by atoms with E-state index in [0.29, 0.717) is 12.1 Å². The molecule has 92 valence electrons. The second-order valence-corrected chi connectivity index (χ2v) is 5.21. The smallest absolute Gasteiger partial charge is 0.0558 e. The molecule has 17 heavy (non-hydrogen) atoms. The van der Waals surface area contributed by atoms with Crippen molar-refractivity contribution in [2.24, 2.45) is 0 Å². The zero-order valence-electron chi connectivity index (χ0n) is 10.1. The van der Waals surface area contributed by atoms with Crippen molar-refractivity contribution in [1.29, 1.82) is 0 Å². The lowest BCUT2D eigenvalue weighted by Crippen LogP contribution is -2.32. The van der Waals surface area contributed by atoms with E-state index >= 15 is 0 Å². The lowest BCUT2D eigenvalue weighted by Gasteiger charge is -2.29. The van der Waals surface area contributed by atoms with Gasteiger partial charge in [0.2, 0.25) is 0 Å². The number of aryl methyl sites for hydroxylation is 1. The normalized spacial score (nSPS) is 23.1. The van der Waals surface area contributed by atoms with Crippen molar-refractivity contribution in [2.45, 2.75) is 37.8 Å². The molecule has 3 rings (SSSR count). The van der Waals surface area contributed by atoms with Crippen LogP contribution in [0.25, 0.3) is 0 Å². The molecule has 0 aliphatic heterocycles. The molecule has 0 amide bonds. The first-order chi connectivity index (χ1) is 8.29. The Balaban J connectivity index is 1.86. The molecule has 0 bridgehead atoms. The van der Waals surface area contributed by atoms with E-state index in [4.69, 9.17) is 5.73 Å². The molecular formula is C14H20N2O. The third kappa shape index (κ3) is 2.05. The first-order valence-corrected chi connectivity index (χ1v) is 6.54. The van der Waals surface area contributed by atoms with Crippen LogP contribution < -0.4 is 5.73 Å². The van der Waals surface area contributed by atoms with E-state index < -0.39 is 0 Å². The summed E-state index contributed by atoms with van der Waals surface area (Å²) in [6, 6.07) is 7.50. The van der Waals surface area contributed by atoms with Crippen LogP contribution in [-0.2, 0) is 6.42 Å². The fourth-order valence-corrected chi connectivity index (χ4v) is 3.07. The molecule has 1 aromatic carbocycles. The number of benzene rings is 1. The van der Waals surface area contributed by atoms with Crippen LogP contribution in [0.3, 0.4) is 0 Å². The van der Waals surface area contributed by atoms with Crippen molar-refractivity contribution >= 4 is 5.69 Å². The standard InChI is InChI=1S/C14H20N2O/c15-11-2-5-13-10(9-11)1-6-14(13)16(7-8-17)12-3-4-12/h2,5,9,12,14,17H,1,3-4,6-8,15H2. The maximum atomic E-state index is 9.20. The first-order valence-electron chi connectivity index (χ1n) is 6.54. The van der Waals surface area contributed by atoms with Crippen LogP contribution in [-0.4, -0.2) is 29.2 Å². The molecule has 0 aromatic heterocycles. The van der Waals surface area contributed by atoms with E-state index in [1.807, 2.05) is 6.07 Å². The van der Waals surface area contributed by atoms with Crippen LogP contribution in [0, 0.1) is 0 Å². The molecule has 1 atom stereocenters. The third-order valence-electron chi connectivity index (χ3n) is 3.99. The van der Waals surface area contributed by atoms with Crippen molar-refractivity contribution in [2.75, 3.05) is 18.9 Å². The Morgan fingerprint density at radius 1 is 1.29 bits per heavy atom. The van der Waals surface area contributed by atoms with Gasteiger partial charge in [-0.2, -0.15) is 0 Å². The molecular weight excluding hydrogens is 212 g/mol. The molecule has 1 fully saturated rings. The molecule has 0 spiro atoms. The van der Waals surface area contributed by atoms with Crippen LogP contribution >= 0.6 is 0 Å². The van der Waals surface area contributed by atoms with E-state index in [1.165, 1.54) is 30.4 Å². The topological polar surface area (TPSA) is 49.5 Å². The highest BCUT2D eigenvalue weighted by molar-refractivity contribution is 5.47. The maximum absolute atomic E-state index is 9.20. The summed E-state index contributed by atoms with van der Waals surface area (Å²) in [6.07, 6.45) is 4.89. The molecule has 2 aliphatic carbocycles. The van der Waals surface area contributed by atoms with Gasteiger partial charge in [-0.25, -0.2) is 0 Å². The summed E-state index contributed by atoms with van der Waals surface area (Å²) in [4.78, 5) is 2.49. The summed E-state index contributed by atoms with van der Waals surface area (Å²) >= 11 is 0. The quantitative estimate of drug-likeness (QED) is 0.777. The molecule has 1 saturated carbocycles. The van der Waals surface area contributed by atoms with Crippen LogP contribution in [0.4, 0.5) is 5.69 Å². The summed E-state index contributed by atoms with van der Waals surface area (Å²) in [6.45, 7) is 1.07. The number of rotatable bonds is 4. The van der Waals surface area contributed by atoms with Crippen LogP contribution in [0.15, 0.2) is 18.2 Å². The SMILES string of the molecule is Nc1ccc2c(c1)CCC2N(CCO)C1CC1. The second-order valence-electron chi connectivity index (χ2n) is 5.21. The van der Waals surface area contributed by atoms with Gasteiger partial charge < -0.3 is 10.8 Å². The fraction of sp³-hybridized carbons (Fsp3) is 0.571. The Hall–Kier alpha value is -1.06. The largest absolute Gasteiger partial charge is 0.399 e. The fourth-order valence-electron chi connectivity index (χ4n) is 3.07. The van der Waals surface area contributed by atoms with E-state index in [9.17, 15) is 5.11 Å². The zero-order chi connectivity index (χ0) is 11.8. The van der Waals surface area contributed by atoms with Crippen LogP contribution in [0.2, 0.25) is 0 Å². The second kappa shape index (κ2) is 4.31. The summed E-state index contributed by atoms with van der Waals surface area (Å²) in [5.41, 5.74) is 9.53. The van der Waals surface area contributed by atoms with Gasteiger partial charge >= 0.3 is 0 Å². The summed E-state index contributed by atoms with van der Waals surface area (Å²) < 4.78 is 0. The van der Waals surface area contributed by atoms with Crippen molar-refractivity contribution < 1.29 is 5.11 Å². The van der Waals surface area contributed by atoms with E-state index in [1.54, 1.807) is 0 Å². The van der Waals surface area contributed by atoms with Crippen molar-refractivity contribution in [1.82, 2.24) is 4.90 Å². The molecule has 0 radical (unpaired) electrons. The number of hydrogen-bond donors (Lipinski definition) is 2. The number of aliphatic hydroxyl groups excluding tert-OH is 1. The number of nitrogens with zero attached hydrogens (tertiary/aromatic N) is 1. The highest BCUT2D eigenvalue weighted by Crippen LogP contribution is 2.41. The van der Waals surface area contributed by atoms with Crippen molar-refractivity contribution in [3.05, 3.63) is 29.3 Å². The minimum Gasteiger partial charge on any atom is -0.399 e. The van der Waals surface area contributed by atoms with Gasteiger partial charge in [-0.05, 0) is 48.9 Å². The van der Waals surface area contributed by atoms with Gasteiger partial charge in [-0.3, -0.25) is 4.90 Å². The number of fused-ring (bicyclic) bond motifs is 1. The maximum Gasteiger partial charge on any atom is 0.0558 e. The number of anilines is 1. The zero-order valence-corrected chi connectivity index (χ0v) is 10.1. The number of hydrogen-bond acceptors (Lipinski definition) is 3. The molecule has 0 saturated heterocycles. The van der Waals surface area contributed by atoms with E-state index in [2.05, 4.69) is 17.0 Å². The van der Waals surface area contributed by atoms with Gasteiger partial charge in [0.05, 0.1) is 6.61 Å². The van der Waals surface area contributed by atoms with Gasteiger partial charge in [-0.1, -0.05) is 6.07 Å². The Labute approximate surface area is 102 Å². The van der Waals surface area contributed by atoms with Gasteiger partial charge in [0.1, 0.15) is 0 Å². The Bertz CT molecular complexity index is 415. The highest BCUT2D eigenvalue weighted by atomic mass is 16.3. The van der Waals surface area contributed by atoms with Crippen LogP contribution in [0.1, 0.15) is 36.4 Å². The third-order valence-corrected chi connectivity index (χ3v) is 3.99. The Morgan fingerprint density at radius 3 is 2.82 bits per heavy atom. The molecule has 3 heteroatoms. The lowest BCUT2D eigenvalue weighted by atomic mass is 10.1. The summed E-state index contributed by atoms with van der Waals surface area (Å²) in [7, 11) is 0. The first kappa shape index (κ1) is 11.1. The van der Waals surface area contributed by atoms with Crippen molar-refractivity contribution in [3.63, 3.8) is 0 Å². The van der Waals surface area contributed by atoms with Gasteiger partial charge in [0.25, 0.3) is 0 Å². The molecule has 1 unspecified atom stereocenters. The number of aliphatic hydroxyl groups is 1. The van der Waals surface area contributed by atoms with Gasteiger partial charge in [-0.15, -0.1) is 0 Å². The summed E-state index contributed by atoms with van der Waals surface area (Å²) in [5, 5.41) is 9.20. The summed E-state index contributed by atoms with van der Waals surface area (Å²) in [5.74, 6) is 0. The predicted octanol–water partition coefficient (Wildman–Crippen LogP) is 1.71.